The maximum Gasteiger partial charge on any atom is 0.311 e. The fourth-order valence-corrected chi connectivity index (χ4v) is 1.55. The lowest BCUT2D eigenvalue weighted by molar-refractivity contribution is -0.115. The van der Waals surface area contributed by atoms with Gasteiger partial charge in [-0.3, -0.25) is 0 Å². The first kappa shape index (κ1) is 11.7. The molecule has 0 radical (unpaired) electrons. The van der Waals surface area contributed by atoms with Gasteiger partial charge in [-0.1, -0.05) is 0 Å². The highest BCUT2D eigenvalue weighted by Gasteiger charge is 2.56. The molecule has 2 rings (SSSR count). The molecule has 92 valence electrons. The molecule has 1 aromatic rings. The van der Waals surface area contributed by atoms with Crippen LogP contribution in [0.25, 0.3) is 0 Å². The van der Waals surface area contributed by atoms with Crippen LogP contribution in [0.15, 0.2) is 17.1 Å². The van der Waals surface area contributed by atoms with Crippen molar-refractivity contribution >= 4 is 12.2 Å². The van der Waals surface area contributed by atoms with Crippen molar-refractivity contribution in [1.29, 1.82) is 0 Å². The number of hydrogen-bond acceptors (Lipinski definition) is 4. The van der Waals surface area contributed by atoms with Crippen LogP contribution in [-0.4, -0.2) is 23.9 Å². The van der Waals surface area contributed by atoms with E-state index in [0.717, 1.165) is 19.4 Å². The number of nitrogens with two attached hydrogens (primary N) is 1. The third-order valence-electron chi connectivity index (χ3n) is 2.69. The lowest BCUT2D eigenvalue weighted by atomic mass is 9.89. The van der Waals surface area contributed by atoms with Gasteiger partial charge in [-0.15, -0.1) is 0 Å². The number of alkyl halides is 2. The van der Waals surface area contributed by atoms with Crippen LogP contribution in [0.2, 0.25) is 0 Å². The highest BCUT2D eigenvalue weighted by atomic mass is 19.3. The smallest absolute Gasteiger partial charge is 0.311 e. The van der Waals surface area contributed by atoms with Crippen molar-refractivity contribution in [3.8, 4) is 0 Å². The van der Waals surface area contributed by atoms with Crippen molar-refractivity contribution in [1.82, 2.24) is 4.98 Å². The molecule has 7 heteroatoms. The van der Waals surface area contributed by atoms with Gasteiger partial charge in [0.1, 0.15) is 17.3 Å². The number of pyridine rings is 1. The van der Waals surface area contributed by atoms with Crippen molar-refractivity contribution in [2.75, 3.05) is 12.3 Å². The van der Waals surface area contributed by atoms with Gasteiger partial charge in [0.2, 0.25) is 0 Å². The summed E-state index contributed by atoms with van der Waals surface area (Å²) in [5, 5.41) is 0. The Bertz CT molecular complexity index is 478. The lowest BCUT2D eigenvalue weighted by Gasteiger charge is -2.35. The average molecular weight is 245 g/mol. The van der Waals surface area contributed by atoms with E-state index in [1.807, 2.05) is 0 Å². The minimum absolute atomic E-state index is 0.0416. The Morgan fingerprint density at radius 2 is 2.12 bits per heavy atom. The van der Waals surface area contributed by atoms with Gasteiger partial charge in [0.15, 0.2) is 18.5 Å². The highest BCUT2D eigenvalue weighted by Crippen LogP contribution is 2.42. The topological polar surface area (TPSA) is 60.5 Å². The second-order valence-electron chi connectivity index (χ2n) is 3.89. The van der Waals surface area contributed by atoms with Gasteiger partial charge in [-0.25, -0.2) is 14.4 Å². The second-order valence-corrected chi connectivity index (χ2v) is 3.89. The number of hydrogen-bond donors (Lipinski definition) is 1. The molecule has 0 aromatic carbocycles. The average Bonchev–Trinajstić information content (AvgIpc) is 2.26. The quantitative estimate of drug-likeness (QED) is 0.819. The van der Waals surface area contributed by atoms with Crippen molar-refractivity contribution in [2.24, 2.45) is 4.99 Å². The third-order valence-corrected chi connectivity index (χ3v) is 2.69. The van der Waals surface area contributed by atoms with Gasteiger partial charge >= 0.3 is 5.92 Å². The summed E-state index contributed by atoms with van der Waals surface area (Å²) in [5.74, 6) is -4.27. The van der Waals surface area contributed by atoms with Gasteiger partial charge < -0.3 is 10.5 Å². The standard InChI is InChI=1S/C10H10F3N3O/c1-9(10(12,13)4-17-5-15-9)8-6(11)2-3-7(14)16-8/h2-3,5H,4H2,1H3,(H2,14,16)/t9-/m1/s1. The van der Waals surface area contributed by atoms with Crippen LogP contribution in [0, 0.1) is 5.82 Å². The second kappa shape index (κ2) is 3.61. The van der Waals surface area contributed by atoms with E-state index in [1.165, 1.54) is 6.07 Å². The Balaban J connectivity index is 2.60. The van der Waals surface area contributed by atoms with E-state index in [4.69, 9.17) is 5.73 Å². The van der Waals surface area contributed by atoms with Crippen LogP contribution in [-0.2, 0) is 10.3 Å². The van der Waals surface area contributed by atoms with Crippen LogP contribution in [0.1, 0.15) is 12.6 Å². The van der Waals surface area contributed by atoms with Crippen LogP contribution in [0.4, 0.5) is 19.0 Å². The summed E-state index contributed by atoms with van der Waals surface area (Å²) in [6, 6.07) is 2.19. The molecule has 0 amide bonds. The molecular formula is C10H10F3N3O. The zero-order valence-corrected chi connectivity index (χ0v) is 8.95. The number of nitrogen functional groups attached to an aromatic ring is 1. The molecule has 0 unspecified atom stereocenters. The predicted octanol–water partition coefficient (Wildman–Crippen LogP) is 1.71. The van der Waals surface area contributed by atoms with E-state index in [9.17, 15) is 13.2 Å². The molecule has 17 heavy (non-hydrogen) atoms. The monoisotopic (exact) mass is 245 g/mol. The molecular weight excluding hydrogens is 235 g/mol. The van der Waals surface area contributed by atoms with E-state index >= 15 is 0 Å². The molecule has 0 saturated carbocycles. The number of anilines is 1. The van der Waals surface area contributed by atoms with Crippen molar-refractivity contribution in [3.05, 3.63) is 23.6 Å². The maximum absolute atomic E-state index is 13.8. The minimum atomic E-state index is -3.36. The van der Waals surface area contributed by atoms with Gasteiger partial charge in [0, 0.05) is 0 Å². The van der Waals surface area contributed by atoms with E-state index in [1.54, 1.807) is 0 Å². The Kier molecular flexibility index (Phi) is 2.48. The summed E-state index contributed by atoms with van der Waals surface area (Å²) in [6.07, 6.45) is 0.877. The Hall–Kier alpha value is -1.79. The molecule has 0 aliphatic carbocycles. The van der Waals surface area contributed by atoms with Crippen LogP contribution in [0.3, 0.4) is 0 Å². The van der Waals surface area contributed by atoms with Crippen molar-refractivity contribution < 1.29 is 17.9 Å². The Morgan fingerprint density at radius 1 is 1.41 bits per heavy atom. The molecule has 1 aliphatic rings. The molecule has 4 nitrogen and oxygen atoms in total. The number of nitrogens with zero attached hydrogens (tertiary/aromatic N) is 2. The van der Waals surface area contributed by atoms with Crippen LogP contribution < -0.4 is 5.73 Å². The highest BCUT2D eigenvalue weighted by molar-refractivity contribution is 5.51. The largest absolute Gasteiger partial charge is 0.477 e. The molecule has 2 N–H and O–H groups in total. The SMILES string of the molecule is C[C@]1(c2nc(N)ccc2F)N=COCC1(F)F. The van der Waals surface area contributed by atoms with Gasteiger partial charge in [0.05, 0.1) is 0 Å². The number of rotatable bonds is 1. The van der Waals surface area contributed by atoms with Gasteiger partial charge in [-0.05, 0) is 19.1 Å². The number of ether oxygens (including phenoxy) is 1. The van der Waals surface area contributed by atoms with E-state index in [0.29, 0.717) is 0 Å². The summed E-state index contributed by atoms with van der Waals surface area (Å²) in [4.78, 5) is 7.15. The van der Waals surface area contributed by atoms with Crippen molar-refractivity contribution in [2.45, 2.75) is 18.4 Å². The Morgan fingerprint density at radius 3 is 2.76 bits per heavy atom. The number of aromatic nitrogens is 1. The van der Waals surface area contributed by atoms with Crippen LogP contribution in [0.5, 0.6) is 0 Å². The molecule has 0 bridgehead atoms. The number of aliphatic imine (C=N–C) groups is 1. The first-order chi connectivity index (χ1) is 7.87. The fourth-order valence-electron chi connectivity index (χ4n) is 1.55. The van der Waals surface area contributed by atoms with E-state index in [2.05, 4.69) is 14.7 Å². The molecule has 0 spiro atoms. The first-order valence-corrected chi connectivity index (χ1v) is 4.82. The summed E-state index contributed by atoms with van der Waals surface area (Å²) in [7, 11) is 0. The summed E-state index contributed by atoms with van der Waals surface area (Å²) in [6.45, 7) is 0.222. The Labute approximate surface area is 95.3 Å². The zero-order valence-electron chi connectivity index (χ0n) is 8.95. The van der Waals surface area contributed by atoms with Crippen LogP contribution >= 0.6 is 0 Å². The molecule has 1 atom stereocenters. The maximum atomic E-state index is 13.8. The lowest BCUT2D eigenvalue weighted by Crippen LogP contribution is -2.48. The van der Waals surface area contributed by atoms with Crippen molar-refractivity contribution in [3.63, 3.8) is 0 Å². The zero-order chi connectivity index (χ0) is 12.7. The van der Waals surface area contributed by atoms with Gasteiger partial charge in [-0.2, -0.15) is 8.78 Å². The third kappa shape index (κ3) is 1.71. The summed E-state index contributed by atoms with van der Waals surface area (Å²) < 4.78 is 45.6. The minimum Gasteiger partial charge on any atom is -0.477 e. The predicted molar refractivity (Wildman–Crippen MR) is 55.4 cm³/mol. The van der Waals surface area contributed by atoms with Gasteiger partial charge in [0.25, 0.3) is 0 Å². The summed E-state index contributed by atoms with van der Waals surface area (Å²) in [5.41, 5.74) is 2.79. The summed E-state index contributed by atoms with van der Waals surface area (Å²) >= 11 is 0. The first-order valence-electron chi connectivity index (χ1n) is 4.82. The molecule has 1 aromatic heterocycles. The number of halogens is 3. The van der Waals surface area contributed by atoms with E-state index < -0.39 is 29.6 Å². The molecule has 1 aliphatic heterocycles. The molecule has 0 saturated heterocycles. The normalized spacial score (nSPS) is 26.6. The molecule has 0 fully saturated rings. The van der Waals surface area contributed by atoms with E-state index in [-0.39, 0.29) is 5.82 Å². The molecule has 2 heterocycles. The fraction of sp³-hybridized carbons (Fsp3) is 0.400.